The monoisotopic (exact) mass is 440 g/mol. The third kappa shape index (κ3) is 5.60. The van der Waals surface area contributed by atoms with Gasteiger partial charge in [-0.25, -0.2) is 4.39 Å². The van der Waals surface area contributed by atoms with Gasteiger partial charge in [-0.2, -0.15) is 0 Å². The standard InChI is InChI=1S/C26H29FO3S/c1-16(2)25(24-13-23(27)26(31-24)18(4)28)20-9-6-17(3)21(12-20)15-30-14-19-7-10-22(29-5)11-8-19/h6-13,16,25H,14-15H2,1-5H3. The summed E-state index contributed by atoms with van der Waals surface area (Å²) >= 11 is 1.26. The molecule has 0 N–H and O–H groups in total. The quantitative estimate of drug-likeness (QED) is 0.339. The van der Waals surface area contributed by atoms with Crippen LogP contribution in [0.1, 0.15) is 63.5 Å². The van der Waals surface area contributed by atoms with Gasteiger partial charge in [-0.05, 0) is 53.3 Å². The van der Waals surface area contributed by atoms with Crippen LogP contribution >= 0.6 is 11.3 Å². The number of benzene rings is 2. The van der Waals surface area contributed by atoms with Crippen LogP contribution in [-0.4, -0.2) is 12.9 Å². The average molecular weight is 441 g/mol. The van der Waals surface area contributed by atoms with Crippen molar-refractivity contribution in [2.45, 2.75) is 46.8 Å². The number of ether oxygens (including phenoxy) is 2. The number of carbonyl (C=O) groups is 1. The highest BCUT2D eigenvalue weighted by Crippen LogP contribution is 2.38. The van der Waals surface area contributed by atoms with Crippen LogP contribution in [-0.2, 0) is 18.0 Å². The minimum Gasteiger partial charge on any atom is -0.497 e. The number of aryl methyl sites for hydroxylation is 1. The summed E-state index contributed by atoms with van der Waals surface area (Å²) < 4.78 is 25.4. The first-order valence-electron chi connectivity index (χ1n) is 10.4. The molecule has 0 aliphatic rings. The van der Waals surface area contributed by atoms with Gasteiger partial charge in [0.05, 0.1) is 20.3 Å². The smallest absolute Gasteiger partial charge is 0.172 e. The summed E-state index contributed by atoms with van der Waals surface area (Å²) in [6, 6.07) is 15.7. The maximum absolute atomic E-state index is 14.3. The maximum Gasteiger partial charge on any atom is 0.172 e. The lowest BCUT2D eigenvalue weighted by atomic mass is 9.85. The maximum atomic E-state index is 14.3. The molecule has 3 rings (SSSR count). The minimum atomic E-state index is -0.423. The SMILES string of the molecule is COc1ccc(COCc2cc(C(c3cc(F)c(C(C)=O)s3)C(C)C)ccc2C)cc1. The Labute approximate surface area is 187 Å². The molecule has 1 unspecified atom stereocenters. The number of hydrogen-bond donors (Lipinski definition) is 0. The molecule has 1 aromatic heterocycles. The van der Waals surface area contributed by atoms with Gasteiger partial charge in [0.15, 0.2) is 5.78 Å². The molecular weight excluding hydrogens is 411 g/mol. The predicted octanol–water partition coefficient (Wildman–Crippen LogP) is 6.91. The van der Waals surface area contributed by atoms with E-state index in [1.54, 1.807) is 7.11 Å². The Morgan fingerprint density at radius 1 is 1.06 bits per heavy atom. The van der Waals surface area contributed by atoms with Crippen LogP contribution in [0.15, 0.2) is 48.5 Å². The van der Waals surface area contributed by atoms with Gasteiger partial charge in [0.2, 0.25) is 0 Å². The van der Waals surface area contributed by atoms with E-state index in [0.717, 1.165) is 32.9 Å². The van der Waals surface area contributed by atoms with E-state index in [4.69, 9.17) is 9.47 Å². The lowest BCUT2D eigenvalue weighted by molar-refractivity contribution is 0.101. The van der Waals surface area contributed by atoms with E-state index >= 15 is 0 Å². The molecule has 0 saturated carbocycles. The fourth-order valence-corrected chi connectivity index (χ4v) is 4.93. The molecule has 3 aromatic rings. The van der Waals surface area contributed by atoms with Gasteiger partial charge in [-0.3, -0.25) is 4.79 Å². The molecule has 0 radical (unpaired) electrons. The van der Waals surface area contributed by atoms with Crippen LogP contribution in [0.5, 0.6) is 5.75 Å². The Balaban J connectivity index is 1.78. The zero-order chi connectivity index (χ0) is 22.5. The van der Waals surface area contributed by atoms with E-state index in [1.807, 2.05) is 24.3 Å². The highest BCUT2D eigenvalue weighted by molar-refractivity contribution is 7.14. The van der Waals surface area contributed by atoms with Crippen molar-refractivity contribution in [3.63, 3.8) is 0 Å². The number of halogens is 1. The fraction of sp³-hybridized carbons (Fsp3) is 0.346. The molecule has 0 amide bonds. The molecule has 0 spiro atoms. The molecule has 3 nitrogen and oxygen atoms in total. The zero-order valence-electron chi connectivity index (χ0n) is 18.7. The molecule has 0 aliphatic carbocycles. The Hall–Kier alpha value is -2.50. The van der Waals surface area contributed by atoms with Gasteiger partial charge in [0, 0.05) is 17.7 Å². The molecular formula is C26H29FO3S. The van der Waals surface area contributed by atoms with Crippen LogP contribution in [0.2, 0.25) is 0 Å². The van der Waals surface area contributed by atoms with Crippen LogP contribution in [0, 0.1) is 18.7 Å². The largest absolute Gasteiger partial charge is 0.497 e. The average Bonchev–Trinajstić information content (AvgIpc) is 3.11. The third-order valence-electron chi connectivity index (χ3n) is 5.42. The first-order valence-corrected chi connectivity index (χ1v) is 11.2. The predicted molar refractivity (Wildman–Crippen MR) is 124 cm³/mol. The van der Waals surface area contributed by atoms with E-state index in [2.05, 4.69) is 39.0 Å². The fourth-order valence-electron chi connectivity index (χ4n) is 3.70. The molecule has 1 atom stereocenters. The lowest BCUT2D eigenvalue weighted by Gasteiger charge is -2.21. The molecule has 164 valence electrons. The van der Waals surface area contributed by atoms with Crippen LogP contribution in [0.3, 0.4) is 0 Å². The first kappa shape index (κ1) is 23.2. The van der Waals surface area contributed by atoms with E-state index in [1.165, 1.54) is 24.3 Å². The second kappa shape index (κ2) is 10.2. The van der Waals surface area contributed by atoms with Crippen molar-refractivity contribution in [2.24, 2.45) is 5.92 Å². The lowest BCUT2D eigenvalue weighted by Crippen LogP contribution is -2.08. The summed E-state index contributed by atoms with van der Waals surface area (Å²) in [5.74, 6) is 0.452. The summed E-state index contributed by atoms with van der Waals surface area (Å²) in [7, 11) is 1.65. The summed E-state index contributed by atoms with van der Waals surface area (Å²) in [6.07, 6.45) is 0. The number of rotatable bonds is 9. The Morgan fingerprint density at radius 2 is 1.77 bits per heavy atom. The van der Waals surface area contributed by atoms with E-state index in [-0.39, 0.29) is 22.5 Å². The Bertz CT molecular complexity index is 1040. The van der Waals surface area contributed by atoms with Crippen molar-refractivity contribution in [3.05, 3.63) is 86.4 Å². The summed E-state index contributed by atoms with van der Waals surface area (Å²) in [5.41, 5.74) is 4.46. The van der Waals surface area contributed by atoms with Gasteiger partial charge in [-0.15, -0.1) is 11.3 Å². The number of ketones is 1. The molecule has 31 heavy (non-hydrogen) atoms. The summed E-state index contributed by atoms with van der Waals surface area (Å²) in [5, 5.41) is 0. The van der Waals surface area contributed by atoms with Gasteiger partial charge >= 0.3 is 0 Å². The first-order chi connectivity index (χ1) is 14.8. The topological polar surface area (TPSA) is 35.5 Å². The second-order valence-electron chi connectivity index (χ2n) is 8.13. The van der Waals surface area contributed by atoms with Gasteiger partial charge in [0.1, 0.15) is 16.4 Å². The number of thiophene rings is 1. The van der Waals surface area contributed by atoms with Gasteiger partial charge in [-0.1, -0.05) is 44.2 Å². The molecule has 2 aromatic carbocycles. The number of Topliss-reactive ketones (excluding diaryl/α,β-unsaturated/α-hetero) is 1. The molecule has 5 heteroatoms. The molecule has 0 saturated heterocycles. The molecule has 0 aliphatic heterocycles. The third-order valence-corrected chi connectivity index (χ3v) is 6.71. The van der Waals surface area contributed by atoms with Crippen molar-refractivity contribution >= 4 is 17.1 Å². The normalized spacial score (nSPS) is 12.2. The summed E-state index contributed by atoms with van der Waals surface area (Å²) in [6.45, 7) is 8.73. The van der Waals surface area contributed by atoms with E-state index < -0.39 is 5.82 Å². The van der Waals surface area contributed by atoms with Crippen molar-refractivity contribution in [1.82, 2.24) is 0 Å². The highest BCUT2D eigenvalue weighted by atomic mass is 32.1. The second-order valence-corrected chi connectivity index (χ2v) is 9.21. The zero-order valence-corrected chi connectivity index (χ0v) is 19.5. The molecule has 0 fully saturated rings. The number of carbonyl (C=O) groups excluding carboxylic acids is 1. The Kier molecular flexibility index (Phi) is 7.63. The highest BCUT2D eigenvalue weighted by Gasteiger charge is 2.24. The minimum absolute atomic E-state index is 0.0218. The van der Waals surface area contributed by atoms with Crippen LogP contribution in [0.4, 0.5) is 4.39 Å². The van der Waals surface area contributed by atoms with E-state index in [9.17, 15) is 9.18 Å². The van der Waals surface area contributed by atoms with Crippen molar-refractivity contribution in [2.75, 3.05) is 7.11 Å². The number of methoxy groups -OCH3 is 1. The van der Waals surface area contributed by atoms with Gasteiger partial charge < -0.3 is 9.47 Å². The molecule has 0 bridgehead atoms. The van der Waals surface area contributed by atoms with Crippen LogP contribution < -0.4 is 4.74 Å². The van der Waals surface area contributed by atoms with Crippen LogP contribution in [0.25, 0.3) is 0 Å². The van der Waals surface area contributed by atoms with Crippen molar-refractivity contribution in [1.29, 1.82) is 0 Å². The Morgan fingerprint density at radius 3 is 2.35 bits per heavy atom. The van der Waals surface area contributed by atoms with Crippen molar-refractivity contribution in [3.8, 4) is 5.75 Å². The molecule has 1 heterocycles. The summed E-state index contributed by atoms with van der Waals surface area (Å²) in [4.78, 5) is 12.8. The number of hydrogen-bond acceptors (Lipinski definition) is 4. The van der Waals surface area contributed by atoms with Crippen molar-refractivity contribution < 1.29 is 18.7 Å². The van der Waals surface area contributed by atoms with E-state index in [0.29, 0.717) is 13.2 Å². The van der Waals surface area contributed by atoms with Gasteiger partial charge in [0.25, 0.3) is 0 Å².